The summed E-state index contributed by atoms with van der Waals surface area (Å²) in [4.78, 5) is 5.38. The predicted octanol–water partition coefficient (Wildman–Crippen LogP) is 3.62. The zero-order chi connectivity index (χ0) is 25.5. The van der Waals surface area contributed by atoms with Crippen molar-refractivity contribution in [3.63, 3.8) is 0 Å². The van der Waals surface area contributed by atoms with Crippen LogP contribution < -0.4 is 9.62 Å². The Morgan fingerprint density at radius 2 is 1.77 bits per heavy atom. The highest BCUT2D eigenvalue weighted by Crippen LogP contribution is 2.43. The minimum Gasteiger partial charge on any atom is -0.282 e. The maximum absolute atomic E-state index is 13.4. The molecule has 3 aromatic rings. The lowest BCUT2D eigenvalue weighted by Crippen LogP contribution is -2.31. The molecule has 1 aromatic heterocycles. The van der Waals surface area contributed by atoms with Crippen molar-refractivity contribution in [1.29, 1.82) is 10.5 Å². The number of nitrogens with zero attached hydrogens (tertiary/aromatic N) is 6. The van der Waals surface area contributed by atoms with Crippen molar-refractivity contribution in [2.45, 2.75) is 24.3 Å². The number of nitrogens with one attached hydrogen (secondary N) is 1. The van der Waals surface area contributed by atoms with Gasteiger partial charge in [0, 0.05) is 11.4 Å². The summed E-state index contributed by atoms with van der Waals surface area (Å²) in [6.07, 6.45) is -4.62. The molecule has 0 saturated carbocycles. The molecule has 0 fully saturated rings. The summed E-state index contributed by atoms with van der Waals surface area (Å²) in [6, 6.07) is 13.7. The summed E-state index contributed by atoms with van der Waals surface area (Å²) in [5.74, 6) is -0.0935. The molecule has 4 rings (SSSR count). The average molecular weight is 499 g/mol. The third kappa shape index (κ3) is 4.12. The lowest BCUT2D eigenvalue weighted by atomic mass is 9.95. The first-order valence-corrected chi connectivity index (χ1v) is 11.5. The number of allylic oxidation sites excluding steroid dienone is 2. The molecule has 178 valence electrons. The molecular formula is C22H16F3N7O2S. The summed E-state index contributed by atoms with van der Waals surface area (Å²) in [7, 11) is -2.96. The zero-order valence-electron chi connectivity index (χ0n) is 18.2. The SMILES string of the molecule is CNS(=O)(=O)c1nc2n(n1)[C@H](c1ccc(C#N)cc1)C(C#N)=C(C)N2c1cccc(C(F)(F)F)c1. The minimum absolute atomic E-state index is 0.0189. The Labute approximate surface area is 198 Å². The summed E-state index contributed by atoms with van der Waals surface area (Å²) >= 11 is 0. The summed E-state index contributed by atoms with van der Waals surface area (Å²) in [5, 5.41) is 22.6. The first-order chi connectivity index (χ1) is 16.5. The van der Waals surface area contributed by atoms with Crippen molar-refractivity contribution < 1.29 is 21.6 Å². The molecule has 0 amide bonds. The van der Waals surface area contributed by atoms with Gasteiger partial charge >= 0.3 is 6.18 Å². The Balaban J connectivity index is 2.01. The van der Waals surface area contributed by atoms with Crippen molar-refractivity contribution in [2.24, 2.45) is 0 Å². The van der Waals surface area contributed by atoms with Gasteiger partial charge in [-0.2, -0.15) is 28.7 Å². The quantitative estimate of drug-likeness (QED) is 0.581. The number of halogens is 3. The fourth-order valence-corrected chi connectivity index (χ4v) is 4.32. The van der Waals surface area contributed by atoms with E-state index in [0.29, 0.717) is 11.1 Å². The van der Waals surface area contributed by atoms with Crippen molar-refractivity contribution in [3.05, 3.63) is 76.5 Å². The van der Waals surface area contributed by atoms with Crippen LogP contribution in [0.15, 0.2) is 65.0 Å². The number of alkyl halides is 3. The van der Waals surface area contributed by atoms with Crippen LogP contribution in [0.5, 0.6) is 0 Å². The van der Waals surface area contributed by atoms with E-state index in [1.54, 1.807) is 12.1 Å². The lowest BCUT2D eigenvalue weighted by molar-refractivity contribution is -0.137. The average Bonchev–Trinajstić information content (AvgIpc) is 3.28. The fourth-order valence-electron chi connectivity index (χ4n) is 3.74. The van der Waals surface area contributed by atoms with Gasteiger partial charge < -0.3 is 0 Å². The number of hydrogen-bond acceptors (Lipinski definition) is 7. The van der Waals surface area contributed by atoms with Crippen LogP contribution in [0.3, 0.4) is 0 Å². The van der Waals surface area contributed by atoms with Gasteiger partial charge in [-0.1, -0.05) is 18.2 Å². The second-order valence-corrected chi connectivity index (χ2v) is 9.26. The highest BCUT2D eigenvalue weighted by atomic mass is 32.2. The number of hydrogen-bond donors (Lipinski definition) is 1. The van der Waals surface area contributed by atoms with Gasteiger partial charge in [0.25, 0.3) is 15.2 Å². The van der Waals surface area contributed by atoms with Gasteiger partial charge in [-0.3, -0.25) is 4.90 Å². The van der Waals surface area contributed by atoms with Gasteiger partial charge in [-0.05, 0) is 49.9 Å². The molecule has 1 atom stereocenters. The van der Waals surface area contributed by atoms with E-state index in [-0.39, 0.29) is 22.9 Å². The van der Waals surface area contributed by atoms with Gasteiger partial charge in [0.05, 0.1) is 28.8 Å². The molecule has 1 N–H and O–H groups in total. The molecule has 9 nitrogen and oxygen atoms in total. The molecule has 1 aliphatic rings. The van der Waals surface area contributed by atoms with E-state index in [1.165, 1.54) is 47.8 Å². The molecular weight excluding hydrogens is 483 g/mol. The van der Waals surface area contributed by atoms with Gasteiger partial charge in [-0.15, -0.1) is 5.10 Å². The van der Waals surface area contributed by atoms with Crippen LogP contribution in [-0.4, -0.2) is 30.2 Å². The minimum atomic E-state index is -4.62. The maximum atomic E-state index is 13.4. The van der Waals surface area contributed by atoms with E-state index in [4.69, 9.17) is 5.26 Å². The number of fused-ring (bicyclic) bond motifs is 1. The maximum Gasteiger partial charge on any atom is 0.416 e. The Kier molecular flexibility index (Phi) is 5.84. The van der Waals surface area contributed by atoms with Gasteiger partial charge in [-0.25, -0.2) is 17.8 Å². The second kappa shape index (κ2) is 8.54. The van der Waals surface area contributed by atoms with Crippen LogP contribution in [0.2, 0.25) is 0 Å². The van der Waals surface area contributed by atoms with E-state index in [2.05, 4.69) is 20.9 Å². The molecule has 0 unspecified atom stereocenters. The number of anilines is 2. The molecule has 0 saturated heterocycles. The third-order valence-corrected chi connectivity index (χ3v) is 6.64. The van der Waals surface area contributed by atoms with Crippen molar-refractivity contribution in [2.75, 3.05) is 11.9 Å². The number of rotatable bonds is 4. The highest BCUT2D eigenvalue weighted by molar-refractivity contribution is 7.89. The number of sulfonamides is 1. The summed E-state index contributed by atoms with van der Waals surface area (Å²) in [6.45, 7) is 1.53. The van der Waals surface area contributed by atoms with Crippen molar-refractivity contribution in [1.82, 2.24) is 19.5 Å². The molecule has 35 heavy (non-hydrogen) atoms. The van der Waals surface area contributed by atoms with Crippen LogP contribution in [-0.2, 0) is 16.2 Å². The van der Waals surface area contributed by atoms with E-state index in [0.717, 1.165) is 12.1 Å². The highest BCUT2D eigenvalue weighted by Gasteiger charge is 2.38. The van der Waals surface area contributed by atoms with E-state index < -0.39 is 33.0 Å². The van der Waals surface area contributed by atoms with Crippen molar-refractivity contribution in [3.8, 4) is 12.1 Å². The topological polar surface area (TPSA) is 128 Å². The van der Waals surface area contributed by atoms with Crippen LogP contribution in [0, 0.1) is 22.7 Å². The molecule has 0 bridgehead atoms. The predicted molar refractivity (Wildman–Crippen MR) is 117 cm³/mol. The van der Waals surface area contributed by atoms with Gasteiger partial charge in [0.1, 0.15) is 6.04 Å². The first kappa shape index (κ1) is 23.9. The number of nitriles is 2. The molecule has 0 aliphatic carbocycles. The van der Waals surface area contributed by atoms with E-state index >= 15 is 0 Å². The summed E-state index contributed by atoms with van der Waals surface area (Å²) in [5.41, 5.74) is 0.317. The third-order valence-electron chi connectivity index (χ3n) is 5.45. The second-order valence-electron chi connectivity index (χ2n) is 7.48. The van der Waals surface area contributed by atoms with Crippen LogP contribution in [0.25, 0.3) is 0 Å². The van der Waals surface area contributed by atoms with Gasteiger partial charge in [0.15, 0.2) is 0 Å². The van der Waals surface area contributed by atoms with E-state index in [1.807, 2.05) is 6.07 Å². The fraction of sp³-hybridized carbons (Fsp3) is 0.182. The number of benzene rings is 2. The normalized spacial score (nSPS) is 16.0. The first-order valence-electron chi connectivity index (χ1n) is 10.00. The Morgan fingerprint density at radius 3 is 2.34 bits per heavy atom. The van der Waals surface area contributed by atoms with Crippen LogP contribution >= 0.6 is 0 Å². The monoisotopic (exact) mass is 499 g/mol. The Morgan fingerprint density at radius 1 is 1.09 bits per heavy atom. The largest absolute Gasteiger partial charge is 0.416 e. The van der Waals surface area contributed by atoms with Crippen LogP contribution in [0.4, 0.5) is 24.8 Å². The molecule has 2 aromatic carbocycles. The molecule has 13 heteroatoms. The van der Waals surface area contributed by atoms with Crippen LogP contribution in [0.1, 0.15) is 29.7 Å². The number of aromatic nitrogens is 3. The Hall–Kier alpha value is -4.20. The zero-order valence-corrected chi connectivity index (χ0v) is 19.1. The molecule has 1 aliphatic heterocycles. The lowest BCUT2D eigenvalue weighted by Gasteiger charge is -2.34. The van der Waals surface area contributed by atoms with E-state index in [9.17, 15) is 26.9 Å². The Bertz CT molecular complexity index is 1530. The smallest absolute Gasteiger partial charge is 0.282 e. The van der Waals surface area contributed by atoms with Crippen molar-refractivity contribution >= 4 is 21.7 Å². The molecule has 0 radical (unpaired) electrons. The molecule has 2 heterocycles. The standard InChI is InChI=1S/C22H16F3N7O2S/c1-13-18(12-27)19(15-8-6-14(11-26)7-9-15)32-21(29-20(30-32)35(33,34)28-2)31(13)17-5-3-4-16(10-17)22(23,24)25/h3-10,19,28H,1-2H3/t19-/m1/s1. The summed E-state index contributed by atoms with van der Waals surface area (Å²) < 4.78 is 68.4. The van der Waals surface area contributed by atoms with Gasteiger partial charge in [0.2, 0.25) is 5.95 Å². The molecule has 0 spiro atoms.